The maximum Gasteiger partial charge on any atom is 0.328 e. The molecule has 0 unspecified atom stereocenters. The van der Waals surface area contributed by atoms with Gasteiger partial charge in [-0.1, -0.05) is 55.4 Å². The number of esters is 1. The highest BCUT2D eigenvalue weighted by atomic mass is 32.2. The molecule has 1 aliphatic carbocycles. The van der Waals surface area contributed by atoms with Gasteiger partial charge in [-0.15, -0.1) is 0 Å². The maximum atomic E-state index is 12.2. The Balaban J connectivity index is 2.77. The number of carbonyl (C=O) groups excluding carboxylic acids is 2. The minimum atomic E-state index is -4.26. The van der Waals surface area contributed by atoms with Gasteiger partial charge in [0.15, 0.2) is 0 Å². The average molecular weight is 480 g/mol. The van der Waals surface area contributed by atoms with Gasteiger partial charge in [-0.3, -0.25) is 9.35 Å². The summed E-state index contributed by atoms with van der Waals surface area (Å²) in [5.41, 5.74) is 4.74. The first-order valence-electron chi connectivity index (χ1n) is 11.0. The van der Waals surface area contributed by atoms with E-state index in [9.17, 15) is 18.0 Å². The summed E-state index contributed by atoms with van der Waals surface area (Å²) < 4.78 is 35.3. The van der Waals surface area contributed by atoms with Crippen LogP contribution in [-0.4, -0.2) is 43.8 Å². The third kappa shape index (κ3) is 10.8. The van der Waals surface area contributed by atoms with Crippen molar-refractivity contribution in [3.8, 4) is 0 Å². The lowest BCUT2D eigenvalue weighted by Gasteiger charge is -2.32. The van der Waals surface area contributed by atoms with Crippen molar-refractivity contribution in [2.24, 2.45) is 5.41 Å². The normalized spacial score (nSPS) is 18.6. The van der Waals surface area contributed by atoms with E-state index in [1.807, 2.05) is 19.1 Å². The Hall–Kier alpha value is -2.45. The van der Waals surface area contributed by atoms with Crippen LogP contribution in [0.1, 0.15) is 60.3 Å². The van der Waals surface area contributed by atoms with Gasteiger partial charge in [-0.2, -0.15) is 8.42 Å². The van der Waals surface area contributed by atoms with Gasteiger partial charge in [0.2, 0.25) is 5.91 Å². The predicted molar refractivity (Wildman–Crippen MR) is 131 cm³/mol. The van der Waals surface area contributed by atoms with Crippen molar-refractivity contribution in [2.75, 3.05) is 12.9 Å². The summed E-state index contributed by atoms with van der Waals surface area (Å²) in [7, 11) is -3.13. The van der Waals surface area contributed by atoms with E-state index in [4.69, 9.17) is 4.55 Å². The zero-order valence-corrected chi connectivity index (χ0v) is 21.3. The molecule has 0 aromatic carbocycles. The summed E-state index contributed by atoms with van der Waals surface area (Å²) in [5.74, 6) is -2.02. The Morgan fingerprint density at radius 2 is 1.88 bits per heavy atom. The van der Waals surface area contributed by atoms with E-state index in [1.165, 1.54) is 30.1 Å². The van der Waals surface area contributed by atoms with Crippen LogP contribution >= 0.6 is 0 Å². The molecule has 1 aliphatic rings. The zero-order chi connectivity index (χ0) is 25.2. The predicted octanol–water partition coefficient (Wildman–Crippen LogP) is 4.45. The summed E-state index contributed by atoms with van der Waals surface area (Å²) in [6, 6.07) is -1.17. The van der Waals surface area contributed by atoms with E-state index >= 15 is 0 Å². The van der Waals surface area contributed by atoms with Gasteiger partial charge in [0.1, 0.15) is 6.04 Å². The van der Waals surface area contributed by atoms with Crippen molar-refractivity contribution >= 4 is 22.0 Å². The number of hydrogen-bond acceptors (Lipinski definition) is 5. The van der Waals surface area contributed by atoms with Crippen LogP contribution in [-0.2, 0) is 24.4 Å². The van der Waals surface area contributed by atoms with Crippen LogP contribution < -0.4 is 5.32 Å². The fraction of sp³-hybridized carbons (Fsp3) is 0.520. The molecule has 0 bridgehead atoms. The highest BCUT2D eigenvalue weighted by molar-refractivity contribution is 7.85. The average Bonchev–Trinajstić information content (AvgIpc) is 2.68. The molecule has 33 heavy (non-hydrogen) atoms. The van der Waals surface area contributed by atoms with Gasteiger partial charge in [0.05, 0.1) is 12.9 Å². The van der Waals surface area contributed by atoms with Crippen molar-refractivity contribution in [3.05, 3.63) is 58.7 Å². The molecule has 2 N–H and O–H groups in total. The topological polar surface area (TPSA) is 110 Å². The molecular formula is C25H37NO6S. The van der Waals surface area contributed by atoms with Gasteiger partial charge < -0.3 is 10.1 Å². The molecule has 1 rings (SSSR count). The molecule has 0 aromatic heterocycles. The Morgan fingerprint density at radius 3 is 2.45 bits per heavy atom. The third-order valence-electron chi connectivity index (χ3n) is 5.60. The highest BCUT2D eigenvalue weighted by Gasteiger charge is 2.26. The van der Waals surface area contributed by atoms with E-state index in [-0.39, 0.29) is 11.8 Å². The molecule has 8 heteroatoms. The number of methoxy groups -OCH3 is 1. The molecule has 0 heterocycles. The standard InChI is InChI=1S/C25H37NO6S/c1-18(12-13-21-20(3)11-8-15-25(21,4)5)9-7-10-19(2)17-23(27)26-22(24(28)32-6)14-16-33(29,30)31/h7,9-10,12-13,17,22H,8,11,14-16H2,1-6H3,(H,26,27)(H,29,30,31)/t22-/m0/s1. The highest BCUT2D eigenvalue weighted by Crippen LogP contribution is 2.40. The molecule has 184 valence electrons. The zero-order valence-electron chi connectivity index (χ0n) is 20.5. The van der Waals surface area contributed by atoms with Crippen molar-refractivity contribution in [1.82, 2.24) is 5.32 Å². The van der Waals surface area contributed by atoms with Crippen LogP contribution in [0.3, 0.4) is 0 Å². The Kier molecular flexibility index (Phi) is 11.0. The minimum absolute atomic E-state index is 0.186. The number of nitrogens with one attached hydrogen (secondary N) is 1. The van der Waals surface area contributed by atoms with E-state index in [0.717, 1.165) is 19.1 Å². The van der Waals surface area contributed by atoms with E-state index in [2.05, 4.69) is 43.0 Å². The first-order chi connectivity index (χ1) is 15.2. The number of hydrogen-bond donors (Lipinski definition) is 2. The molecular weight excluding hydrogens is 442 g/mol. The largest absolute Gasteiger partial charge is 0.467 e. The van der Waals surface area contributed by atoms with Gasteiger partial charge in [0, 0.05) is 6.08 Å². The molecule has 0 aromatic rings. The van der Waals surface area contributed by atoms with Crippen LogP contribution in [0.4, 0.5) is 0 Å². The molecule has 0 saturated heterocycles. The summed E-state index contributed by atoms with van der Waals surface area (Å²) in [5, 5.41) is 2.41. The first kappa shape index (κ1) is 28.6. The van der Waals surface area contributed by atoms with Gasteiger partial charge in [-0.25, -0.2) is 4.79 Å². The monoisotopic (exact) mass is 479 g/mol. The van der Waals surface area contributed by atoms with Crippen LogP contribution in [0.2, 0.25) is 0 Å². The number of amides is 1. The fourth-order valence-electron chi connectivity index (χ4n) is 3.76. The Labute approximate surface area is 198 Å². The van der Waals surface area contributed by atoms with Crippen molar-refractivity contribution in [1.29, 1.82) is 0 Å². The van der Waals surface area contributed by atoms with Crippen LogP contribution in [0.15, 0.2) is 58.7 Å². The number of carbonyl (C=O) groups is 2. The van der Waals surface area contributed by atoms with E-state index < -0.39 is 33.8 Å². The van der Waals surface area contributed by atoms with E-state index in [0.29, 0.717) is 5.57 Å². The molecule has 1 amide bonds. The SMILES string of the molecule is COC(=O)[C@H](CCS(=O)(=O)O)NC(=O)C=C(C)C=CC=C(C)C=CC1=C(C)CCCC1(C)C. The molecule has 0 radical (unpaired) electrons. The Morgan fingerprint density at radius 1 is 1.21 bits per heavy atom. The van der Waals surface area contributed by atoms with Crippen molar-refractivity contribution in [3.63, 3.8) is 0 Å². The lowest BCUT2D eigenvalue weighted by molar-refractivity contribution is -0.144. The number of allylic oxidation sites excluding steroid dienone is 9. The van der Waals surface area contributed by atoms with Crippen LogP contribution in [0.25, 0.3) is 0 Å². The molecule has 0 aliphatic heterocycles. The molecule has 0 fully saturated rings. The smallest absolute Gasteiger partial charge is 0.328 e. The Bertz CT molecular complexity index is 980. The van der Waals surface area contributed by atoms with Gasteiger partial charge in [0.25, 0.3) is 10.1 Å². The van der Waals surface area contributed by atoms with Crippen molar-refractivity contribution < 1.29 is 27.3 Å². The van der Waals surface area contributed by atoms with Crippen LogP contribution in [0.5, 0.6) is 0 Å². The lowest BCUT2D eigenvalue weighted by atomic mass is 9.72. The fourth-order valence-corrected chi connectivity index (χ4v) is 4.29. The third-order valence-corrected chi connectivity index (χ3v) is 6.35. The summed E-state index contributed by atoms with van der Waals surface area (Å²) in [4.78, 5) is 24.0. The minimum Gasteiger partial charge on any atom is -0.467 e. The van der Waals surface area contributed by atoms with Gasteiger partial charge >= 0.3 is 5.97 Å². The summed E-state index contributed by atoms with van der Waals surface area (Å²) >= 11 is 0. The summed E-state index contributed by atoms with van der Waals surface area (Å²) in [6.07, 6.45) is 14.4. The summed E-state index contributed by atoms with van der Waals surface area (Å²) in [6.45, 7) is 10.5. The van der Waals surface area contributed by atoms with Crippen molar-refractivity contribution in [2.45, 2.75) is 66.3 Å². The molecule has 0 spiro atoms. The molecule has 7 nitrogen and oxygen atoms in total. The van der Waals surface area contributed by atoms with Gasteiger partial charge in [-0.05, 0) is 63.0 Å². The second kappa shape index (κ2) is 12.7. The quantitative estimate of drug-likeness (QED) is 0.207. The second-order valence-corrected chi connectivity index (χ2v) is 10.7. The number of rotatable bonds is 10. The number of ether oxygens (including phenoxy) is 1. The lowest BCUT2D eigenvalue weighted by Crippen LogP contribution is -2.42. The maximum absolute atomic E-state index is 12.2. The molecule has 1 atom stereocenters. The second-order valence-electron chi connectivity index (χ2n) is 9.08. The van der Waals surface area contributed by atoms with Crippen LogP contribution in [0, 0.1) is 5.41 Å². The first-order valence-corrected chi connectivity index (χ1v) is 12.6. The molecule has 0 saturated carbocycles. The van der Waals surface area contributed by atoms with E-state index in [1.54, 1.807) is 13.0 Å².